The van der Waals surface area contributed by atoms with Crippen LogP contribution in [-0.4, -0.2) is 16.1 Å². The molecule has 4 nitrogen and oxygen atoms in total. The van der Waals surface area contributed by atoms with E-state index >= 15 is 0 Å². The maximum absolute atomic E-state index is 11.9. The third-order valence-electron chi connectivity index (χ3n) is 2.40. The highest BCUT2D eigenvalue weighted by Gasteiger charge is 2.10. The van der Waals surface area contributed by atoms with Crippen molar-refractivity contribution in [1.29, 1.82) is 0 Å². The van der Waals surface area contributed by atoms with Crippen LogP contribution in [0.4, 0.5) is 5.82 Å². The quantitative estimate of drug-likeness (QED) is 0.727. The summed E-state index contributed by atoms with van der Waals surface area (Å²) in [6.07, 6.45) is 1.60. The number of aromatic nitrogens is 2. The lowest BCUT2D eigenvalue weighted by molar-refractivity contribution is 0.103. The molecule has 0 unspecified atom stereocenters. The Morgan fingerprint density at radius 3 is 2.94 bits per heavy atom. The molecule has 0 aliphatic carbocycles. The summed E-state index contributed by atoms with van der Waals surface area (Å²) < 4.78 is 1.11. The molecule has 1 aromatic carbocycles. The largest absolute Gasteiger partial charge is 0.306 e. The van der Waals surface area contributed by atoms with Gasteiger partial charge in [0.25, 0.3) is 5.91 Å². The van der Waals surface area contributed by atoms with Crippen LogP contribution in [0.25, 0.3) is 10.1 Å². The Labute approximate surface area is 101 Å². The molecule has 17 heavy (non-hydrogen) atoms. The van der Waals surface area contributed by atoms with E-state index in [0.29, 0.717) is 10.7 Å². The van der Waals surface area contributed by atoms with Crippen molar-refractivity contribution >= 4 is 33.1 Å². The lowest BCUT2D eigenvalue weighted by Gasteiger charge is -1.97. The maximum atomic E-state index is 11.9. The van der Waals surface area contributed by atoms with Gasteiger partial charge in [0, 0.05) is 10.8 Å². The summed E-state index contributed by atoms with van der Waals surface area (Å²) in [5.41, 5.74) is 0. The van der Waals surface area contributed by atoms with Crippen molar-refractivity contribution in [3.8, 4) is 0 Å². The topological polar surface area (TPSA) is 57.8 Å². The van der Waals surface area contributed by atoms with Gasteiger partial charge in [-0.3, -0.25) is 9.89 Å². The van der Waals surface area contributed by atoms with Gasteiger partial charge >= 0.3 is 0 Å². The number of thiophene rings is 1. The second-order valence-electron chi connectivity index (χ2n) is 3.57. The number of amides is 1. The molecule has 0 spiro atoms. The number of hydrogen-bond donors (Lipinski definition) is 2. The van der Waals surface area contributed by atoms with Crippen LogP contribution in [0.15, 0.2) is 42.6 Å². The summed E-state index contributed by atoms with van der Waals surface area (Å²) >= 11 is 1.48. The Bertz CT molecular complexity index is 624. The van der Waals surface area contributed by atoms with Crippen LogP contribution < -0.4 is 5.32 Å². The van der Waals surface area contributed by atoms with Crippen molar-refractivity contribution in [1.82, 2.24) is 10.2 Å². The van der Waals surface area contributed by atoms with Gasteiger partial charge in [0.05, 0.1) is 11.1 Å². The summed E-state index contributed by atoms with van der Waals surface area (Å²) in [7, 11) is 0. The highest BCUT2D eigenvalue weighted by molar-refractivity contribution is 7.20. The first kappa shape index (κ1) is 10.0. The number of H-pyrrole nitrogens is 1. The van der Waals surface area contributed by atoms with E-state index in [1.54, 1.807) is 12.3 Å². The van der Waals surface area contributed by atoms with Crippen molar-refractivity contribution in [3.63, 3.8) is 0 Å². The van der Waals surface area contributed by atoms with Crippen LogP contribution in [-0.2, 0) is 0 Å². The fourth-order valence-corrected chi connectivity index (χ4v) is 2.56. The zero-order chi connectivity index (χ0) is 11.7. The third-order valence-corrected chi connectivity index (χ3v) is 3.51. The van der Waals surface area contributed by atoms with Gasteiger partial charge in [-0.2, -0.15) is 5.10 Å². The van der Waals surface area contributed by atoms with Gasteiger partial charge in [-0.25, -0.2) is 0 Å². The van der Waals surface area contributed by atoms with Gasteiger partial charge in [0.2, 0.25) is 0 Å². The minimum absolute atomic E-state index is 0.115. The fourth-order valence-electron chi connectivity index (χ4n) is 1.60. The number of benzene rings is 1. The van der Waals surface area contributed by atoms with Crippen molar-refractivity contribution in [2.75, 3.05) is 5.32 Å². The SMILES string of the molecule is O=C(Nc1ccn[nH]1)c1cc2ccccc2s1. The second kappa shape index (κ2) is 4.03. The van der Waals surface area contributed by atoms with Gasteiger partial charge in [0.1, 0.15) is 5.82 Å². The van der Waals surface area contributed by atoms with E-state index in [0.717, 1.165) is 10.1 Å². The summed E-state index contributed by atoms with van der Waals surface area (Å²) in [4.78, 5) is 12.6. The molecule has 2 aromatic heterocycles. The van der Waals surface area contributed by atoms with Crippen LogP contribution in [0.5, 0.6) is 0 Å². The summed E-state index contributed by atoms with van der Waals surface area (Å²) in [5.74, 6) is 0.489. The average Bonchev–Trinajstić information content (AvgIpc) is 2.96. The molecule has 0 bridgehead atoms. The normalized spacial score (nSPS) is 10.6. The molecule has 0 aliphatic rings. The highest BCUT2D eigenvalue weighted by Crippen LogP contribution is 2.25. The number of aromatic amines is 1. The minimum Gasteiger partial charge on any atom is -0.306 e. The molecular formula is C12H9N3OS. The molecule has 2 heterocycles. The number of carbonyl (C=O) groups is 1. The zero-order valence-electron chi connectivity index (χ0n) is 8.81. The maximum Gasteiger partial charge on any atom is 0.266 e. The van der Waals surface area contributed by atoms with Gasteiger partial charge in [-0.15, -0.1) is 11.3 Å². The lowest BCUT2D eigenvalue weighted by Crippen LogP contribution is -2.10. The van der Waals surface area contributed by atoms with E-state index in [1.807, 2.05) is 30.3 Å². The van der Waals surface area contributed by atoms with Crippen LogP contribution in [0.1, 0.15) is 9.67 Å². The summed E-state index contributed by atoms with van der Waals surface area (Å²) in [5, 5.41) is 10.3. The molecule has 5 heteroatoms. The Morgan fingerprint density at radius 2 is 2.18 bits per heavy atom. The number of fused-ring (bicyclic) bond motifs is 1. The Morgan fingerprint density at radius 1 is 1.29 bits per heavy atom. The average molecular weight is 243 g/mol. The van der Waals surface area contributed by atoms with E-state index in [4.69, 9.17) is 0 Å². The van der Waals surface area contributed by atoms with Crippen LogP contribution in [0.2, 0.25) is 0 Å². The van der Waals surface area contributed by atoms with Crippen LogP contribution in [0.3, 0.4) is 0 Å². The number of nitrogens with zero attached hydrogens (tertiary/aromatic N) is 1. The van der Waals surface area contributed by atoms with Gasteiger partial charge in [-0.1, -0.05) is 18.2 Å². The van der Waals surface area contributed by atoms with Crippen molar-refractivity contribution in [2.45, 2.75) is 0 Å². The van der Waals surface area contributed by atoms with E-state index < -0.39 is 0 Å². The molecule has 0 radical (unpaired) electrons. The van der Waals surface area contributed by atoms with Gasteiger partial charge in [-0.05, 0) is 17.5 Å². The van der Waals surface area contributed by atoms with Gasteiger partial charge in [0.15, 0.2) is 0 Å². The number of carbonyl (C=O) groups excluding carboxylic acids is 1. The smallest absolute Gasteiger partial charge is 0.266 e. The van der Waals surface area contributed by atoms with Crippen LogP contribution in [0, 0.1) is 0 Å². The molecule has 2 N–H and O–H groups in total. The van der Waals surface area contributed by atoms with Crippen molar-refractivity contribution < 1.29 is 4.79 Å². The monoisotopic (exact) mass is 243 g/mol. The molecule has 0 saturated heterocycles. The van der Waals surface area contributed by atoms with Crippen molar-refractivity contribution in [3.05, 3.63) is 47.5 Å². The van der Waals surface area contributed by atoms with E-state index in [9.17, 15) is 4.79 Å². The number of nitrogens with one attached hydrogen (secondary N) is 2. The molecular weight excluding hydrogens is 234 g/mol. The molecule has 84 valence electrons. The number of hydrogen-bond acceptors (Lipinski definition) is 3. The molecule has 0 fully saturated rings. The van der Waals surface area contributed by atoms with E-state index in [-0.39, 0.29) is 5.91 Å². The summed E-state index contributed by atoms with van der Waals surface area (Å²) in [6.45, 7) is 0. The molecule has 1 amide bonds. The second-order valence-corrected chi connectivity index (χ2v) is 4.66. The standard InChI is InChI=1S/C12H9N3OS/c16-12(14-11-5-6-13-15-11)10-7-8-3-1-2-4-9(8)17-10/h1-7H,(H2,13,14,15,16). The highest BCUT2D eigenvalue weighted by atomic mass is 32.1. The van der Waals surface area contributed by atoms with Gasteiger partial charge < -0.3 is 5.32 Å². The first-order chi connectivity index (χ1) is 8.33. The molecule has 3 aromatic rings. The molecule has 3 rings (SSSR count). The Balaban J connectivity index is 1.90. The fraction of sp³-hybridized carbons (Fsp3) is 0. The Hall–Kier alpha value is -2.14. The first-order valence-electron chi connectivity index (χ1n) is 5.12. The number of rotatable bonds is 2. The lowest BCUT2D eigenvalue weighted by atomic mass is 10.2. The third kappa shape index (κ3) is 1.92. The predicted molar refractivity (Wildman–Crippen MR) is 68.4 cm³/mol. The first-order valence-corrected chi connectivity index (χ1v) is 5.94. The predicted octanol–water partition coefficient (Wildman–Crippen LogP) is 2.88. The summed E-state index contributed by atoms with van der Waals surface area (Å²) in [6, 6.07) is 11.5. The zero-order valence-corrected chi connectivity index (χ0v) is 9.62. The van der Waals surface area contributed by atoms with Crippen LogP contribution >= 0.6 is 11.3 Å². The molecule has 0 aliphatic heterocycles. The minimum atomic E-state index is -0.115. The van der Waals surface area contributed by atoms with E-state index in [2.05, 4.69) is 15.5 Å². The Kier molecular flexibility index (Phi) is 2.38. The molecule has 0 saturated carbocycles. The van der Waals surface area contributed by atoms with E-state index in [1.165, 1.54) is 11.3 Å². The molecule has 0 atom stereocenters. The van der Waals surface area contributed by atoms with Crippen molar-refractivity contribution in [2.24, 2.45) is 0 Å². The number of anilines is 1.